The Morgan fingerprint density at radius 1 is 1.12 bits per heavy atom. The van der Waals surface area contributed by atoms with Gasteiger partial charge >= 0.3 is 0 Å². The minimum atomic E-state index is 0.0437. The second-order valence-electron chi connectivity index (χ2n) is 7.27. The van der Waals surface area contributed by atoms with E-state index in [-0.39, 0.29) is 36.4 Å². The van der Waals surface area contributed by atoms with Crippen molar-refractivity contribution in [2.75, 3.05) is 13.2 Å². The number of aliphatic hydroxyl groups is 1. The number of rotatable bonds is 7. The first kappa shape index (κ1) is 17.2. The van der Waals surface area contributed by atoms with Crippen molar-refractivity contribution in [1.29, 1.82) is 0 Å². The van der Waals surface area contributed by atoms with E-state index < -0.39 is 0 Å². The van der Waals surface area contributed by atoms with Crippen molar-refractivity contribution in [2.45, 2.75) is 37.4 Å². The number of aromatic nitrogens is 1. The van der Waals surface area contributed by atoms with Gasteiger partial charge in [-0.25, -0.2) is 0 Å². The normalized spacial score (nSPS) is 25.5. The molecular formula is C21H25N3O2. The third kappa shape index (κ3) is 3.50. The molecule has 1 aliphatic carbocycles. The van der Waals surface area contributed by atoms with E-state index in [4.69, 9.17) is 0 Å². The fourth-order valence-electron chi connectivity index (χ4n) is 4.00. The molecule has 1 amide bonds. The number of aliphatic hydroxyl groups excluding tert-OH is 1. The van der Waals surface area contributed by atoms with Gasteiger partial charge in [0.05, 0.1) is 12.3 Å². The van der Waals surface area contributed by atoms with E-state index in [0.29, 0.717) is 13.1 Å². The summed E-state index contributed by atoms with van der Waals surface area (Å²) in [6.07, 6.45) is 3.81. The van der Waals surface area contributed by atoms with Crippen LogP contribution in [0.4, 0.5) is 0 Å². The van der Waals surface area contributed by atoms with Gasteiger partial charge in [0.2, 0.25) is 5.91 Å². The van der Waals surface area contributed by atoms with Crippen LogP contribution in [-0.4, -0.2) is 46.1 Å². The van der Waals surface area contributed by atoms with Crippen molar-refractivity contribution in [3.8, 4) is 0 Å². The lowest BCUT2D eigenvalue weighted by molar-refractivity contribution is -0.123. The standard InChI is InChI=1S/C21H25N3O2/c25-14-19-20(15-6-2-1-3-7-15)18(12-23-21(26)16-9-10-16)24(19)13-17-8-4-5-11-22-17/h1-8,11,16,18-20,25H,9-10,12-14H2,(H,23,26)/t18-,19+,20+/m0/s1. The Bertz CT molecular complexity index is 733. The third-order valence-electron chi connectivity index (χ3n) is 5.56. The molecule has 2 heterocycles. The molecule has 0 spiro atoms. The summed E-state index contributed by atoms with van der Waals surface area (Å²) in [5.74, 6) is 0.592. The number of benzene rings is 1. The zero-order valence-corrected chi connectivity index (χ0v) is 14.8. The predicted molar refractivity (Wildman–Crippen MR) is 99.4 cm³/mol. The molecule has 0 radical (unpaired) electrons. The fraction of sp³-hybridized carbons (Fsp3) is 0.429. The quantitative estimate of drug-likeness (QED) is 0.800. The summed E-state index contributed by atoms with van der Waals surface area (Å²) in [6.45, 7) is 1.39. The SMILES string of the molecule is O=C(NC[C@H]1[C@@H](c2ccccc2)[C@@H](CO)N1Cc1ccccn1)C1CC1. The van der Waals surface area contributed by atoms with Crippen LogP contribution in [0.2, 0.25) is 0 Å². The van der Waals surface area contributed by atoms with Crippen LogP contribution < -0.4 is 5.32 Å². The molecule has 0 bridgehead atoms. The first-order valence-corrected chi connectivity index (χ1v) is 9.37. The monoisotopic (exact) mass is 351 g/mol. The molecule has 2 aliphatic rings. The number of pyridine rings is 1. The predicted octanol–water partition coefficient (Wildman–Crippen LogP) is 1.94. The molecule has 2 fully saturated rings. The molecule has 2 aromatic rings. The topological polar surface area (TPSA) is 65.5 Å². The number of likely N-dealkylation sites (tertiary alicyclic amines) is 1. The van der Waals surface area contributed by atoms with Crippen LogP contribution >= 0.6 is 0 Å². The first-order valence-electron chi connectivity index (χ1n) is 9.37. The molecule has 1 aliphatic heterocycles. The van der Waals surface area contributed by atoms with E-state index in [1.807, 2.05) is 36.4 Å². The summed E-state index contributed by atoms with van der Waals surface area (Å²) in [7, 11) is 0. The van der Waals surface area contributed by atoms with Crippen molar-refractivity contribution in [3.05, 3.63) is 66.0 Å². The van der Waals surface area contributed by atoms with E-state index in [0.717, 1.165) is 18.5 Å². The van der Waals surface area contributed by atoms with Crippen molar-refractivity contribution < 1.29 is 9.90 Å². The molecule has 0 unspecified atom stereocenters. The Balaban J connectivity index is 1.52. The van der Waals surface area contributed by atoms with Gasteiger partial charge in [0.1, 0.15) is 0 Å². The maximum absolute atomic E-state index is 12.1. The second-order valence-corrected chi connectivity index (χ2v) is 7.27. The van der Waals surface area contributed by atoms with Gasteiger partial charge in [0.15, 0.2) is 0 Å². The zero-order valence-electron chi connectivity index (χ0n) is 14.8. The number of nitrogens with zero attached hydrogens (tertiary/aromatic N) is 2. The maximum Gasteiger partial charge on any atom is 0.223 e. The van der Waals surface area contributed by atoms with Gasteiger partial charge in [-0.15, -0.1) is 0 Å². The Morgan fingerprint density at radius 3 is 2.54 bits per heavy atom. The largest absolute Gasteiger partial charge is 0.395 e. The third-order valence-corrected chi connectivity index (χ3v) is 5.56. The van der Waals surface area contributed by atoms with E-state index in [1.165, 1.54) is 5.56 Å². The Morgan fingerprint density at radius 2 is 1.88 bits per heavy atom. The molecule has 5 heteroatoms. The molecule has 1 aromatic carbocycles. The smallest absolute Gasteiger partial charge is 0.223 e. The highest BCUT2D eigenvalue weighted by Crippen LogP contribution is 2.41. The number of hydrogen-bond donors (Lipinski definition) is 2. The summed E-state index contributed by atoms with van der Waals surface area (Å²) in [5.41, 5.74) is 2.20. The van der Waals surface area contributed by atoms with Gasteiger partial charge in [-0.1, -0.05) is 36.4 Å². The summed E-state index contributed by atoms with van der Waals surface area (Å²) >= 11 is 0. The lowest BCUT2D eigenvalue weighted by Crippen LogP contribution is -2.66. The lowest BCUT2D eigenvalue weighted by Gasteiger charge is -2.55. The average molecular weight is 351 g/mol. The summed E-state index contributed by atoms with van der Waals surface area (Å²) in [6, 6.07) is 16.4. The zero-order chi connectivity index (χ0) is 17.9. The Labute approximate surface area is 154 Å². The fourth-order valence-corrected chi connectivity index (χ4v) is 4.00. The highest BCUT2D eigenvalue weighted by molar-refractivity contribution is 5.80. The van der Waals surface area contributed by atoms with Crippen molar-refractivity contribution in [3.63, 3.8) is 0 Å². The maximum atomic E-state index is 12.1. The van der Waals surface area contributed by atoms with Crippen LogP contribution in [0.5, 0.6) is 0 Å². The molecule has 1 saturated carbocycles. The number of carbonyl (C=O) groups is 1. The van der Waals surface area contributed by atoms with Crippen LogP contribution in [-0.2, 0) is 11.3 Å². The van der Waals surface area contributed by atoms with Gasteiger partial charge in [-0.2, -0.15) is 0 Å². The van der Waals surface area contributed by atoms with Crippen molar-refractivity contribution in [2.24, 2.45) is 5.92 Å². The Kier molecular flexibility index (Phi) is 5.00. The van der Waals surface area contributed by atoms with Crippen LogP contribution in [0, 0.1) is 5.92 Å². The van der Waals surface area contributed by atoms with Crippen LogP contribution in [0.15, 0.2) is 54.7 Å². The van der Waals surface area contributed by atoms with Gasteiger partial charge in [-0.3, -0.25) is 14.7 Å². The van der Waals surface area contributed by atoms with E-state index in [9.17, 15) is 9.90 Å². The molecule has 136 valence electrons. The summed E-state index contributed by atoms with van der Waals surface area (Å²) in [5, 5.41) is 13.1. The number of carbonyl (C=O) groups excluding carboxylic acids is 1. The van der Waals surface area contributed by atoms with Gasteiger partial charge in [-0.05, 0) is 30.5 Å². The van der Waals surface area contributed by atoms with E-state index in [1.54, 1.807) is 6.20 Å². The number of hydrogen-bond acceptors (Lipinski definition) is 4. The minimum Gasteiger partial charge on any atom is -0.395 e. The van der Waals surface area contributed by atoms with Gasteiger partial charge in [0, 0.05) is 43.2 Å². The molecule has 5 nitrogen and oxygen atoms in total. The molecule has 2 N–H and O–H groups in total. The van der Waals surface area contributed by atoms with Crippen LogP contribution in [0.1, 0.15) is 30.0 Å². The molecule has 3 atom stereocenters. The minimum absolute atomic E-state index is 0.0437. The highest BCUT2D eigenvalue weighted by atomic mass is 16.3. The van der Waals surface area contributed by atoms with Gasteiger partial charge < -0.3 is 10.4 Å². The first-order chi connectivity index (χ1) is 12.8. The lowest BCUT2D eigenvalue weighted by atomic mass is 9.75. The number of nitrogens with one attached hydrogen (secondary N) is 1. The second kappa shape index (κ2) is 7.56. The molecular weight excluding hydrogens is 326 g/mol. The van der Waals surface area contributed by atoms with Crippen LogP contribution in [0.25, 0.3) is 0 Å². The Hall–Kier alpha value is -2.24. The summed E-state index contributed by atoms with van der Waals surface area (Å²) < 4.78 is 0. The van der Waals surface area contributed by atoms with E-state index >= 15 is 0 Å². The van der Waals surface area contributed by atoms with Crippen molar-refractivity contribution >= 4 is 5.91 Å². The van der Waals surface area contributed by atoms with E-state index in [2.05, 4.69) is 27.3 Å². The number of amides is 1. The average Bonchev–Trinajstić information content (AvgIpc) is 3.52. The highest BCUT2D eigenvalue weighted by Gasteiger charge is 2.48. The van der Waals surface area contributed by atoms with Gasteiger partial charge in [0.25, 0.3) is 0 Å². The van der Waals surface area contributed by atoms with Crippen LogP contribution in [0.3, 0.4) is 0 Å². The molecule has 26 heavy (non-hydrogen) atoms. The molecule has 1 saturated heterocycles. The molecule has 1 aromatic heterocycles. The van der Waals surface area contributed by atoms with Crippen molar-refractivity contribution in [1.82, 2.24) is 15.2 Å². The molecule has 4 rings (SSSR count). The summed E-state index contributed by atoms with van der Waals surface area (Å²) in [4.78, 5) is 18.8.